The first-order chi connectivity index (χ1) is 7.47. The van der Waals surface area contributed by atoms with Crippen LogP contribution in [0, 0.1) is 5.92 Å². The third-order valence-corrected chi connectivity index (χ3v) is 3.03. The molecule has 0 aliphatic rings. The zero-order chi connectivity index (χ0) is 12.2. The van der Waals surface area contributed by atoms with E-state index in [9.17, 15) is 4.79 Å². The Hall–Kier alpha value is -1.36. The van der Waals surface area contributed by atoms with Crippen molar-refractivity contribution in [3.8, 4) is 0 Å². The summed E-state index contributed by atoms with van der Waals surface area (Å²) in [5, 5.41) is 4.09. The summed E-state index contributed by atoms with van der Waals surface area (Å²) in [5.41, 5.74) is 10.5. The van der Waals surface area contributed by atoms with Crippen LogP contribution in [0.15, 0.2) is 18.5 Å². The number of primary amides is 1. The largest absolute Gasteiger partial charge is 0.368 e. The van der Waals surface area contributed by atoms with E-state index in [1.807, 2.05) is 30.8 Å². The molecule has 90 valence electrons. The molecule has 0 bridgehead atoms. The van der Waals surface area contributed by atoms with Gasteiger partial charge in [-0.05, 0) is 24.8 Å². The van der Waals surface area contributed by atoms with Gasteiger partial charge in [0.05, 0.1) is 5.54 Å². The second-order valence-electron chi connectivity index (χ2n) is 4.43. The highest BCUT2D eigenvalue weighted by Crippen LogP contribution is 2.20. The smallest absolute Gasteiger partial charge is 0.237 e. The molecule has 0 spiro atoms. The summed E-state index contributed by atoms with van der Waals surface area (Å²) >= 11 is 0. The molecule has 4 N–H and O–H groups in total. The average molecular weight is 224 g/mol. The van der Waals surface area contributed by atoms with Crippen LogP contribution in [0.5, 0.6) is 0 Å². The molecule has 1 aromatic heterocycles. The Morgan fingerprint density at radius 2 is 2.25 bits per heavy atom. The van der Waals surface area contributed by atoms with Crippen molar-refractivity contribution < 1.29 is 4.79 Å². The van der Waals surface area contributed by atoms with Crippen molar-refractivity contribution in [1.29, 1.82) is 0 Å². The van der Waals surface area contributed by atoms with E-state index in [1.54, 1.807) is 6.20 Å². The molecule has 1 aromatic rings. The number of amides is 1. The Kier molecular flexibility index (Phi) is 4.06. The molecule has 0 radical (unpaired) electrons. The Bertz CT molecular complexity index is 334. The van der Waals surface area contributed by atoms with Crippen LogP contribution in [-0.2, 0) is 11.3 Å². The third-order valence-electron chi connectivity index (χ3n) is 3.03. The van der Waals surface area contributed by atoms with Gasteiger partial charge in [0.25, 0.3) is 0 Å². The van der Waals surface area contributed by atoms with Crippen molar-refractivity contribution in [2.75, 3.05) is 0 Å². The highest BCUT2D eigenvalue weighted by Gasteiger charge is 2.34. The van der Waals surface area contributed by atoms with E-state index in [0.717, 1.165) is 13.0 Å². The van der Waals surface area contributed by atoms with Gasteiger partial charge in [0.2, 0.25) is 5.91 Å². The molecule has 5 heteroatoms. The normalized spacial score (nSPS) is 15.0. The minimum Gasteiger partial charge on any atom is -0.368 e. The molecule has 1 amide bonds. The molecule has 1 rings (SSSR count). The summed E-state index contributed by atoms with van der Waals surface area (Å²) in [6.45, 7) is 4.59. The van der Waals surface area contributed by atoms with E-state index in [-0.39, 0.29) is 5.92 Å². The highest BCUT2D eigenvalue weighted by atomic mass is 16.1. The first-order valence-electron chi connectivity index (χ1n) is 5.53. The van der Waals surface area contributed by atoms with Crippen LogP contribution in [-0.4, -0.2) is 21.2 Å². The van der Waals surface area contributed by atoms with Crippen molar-refractivity contribution in [2.45, 2.75) is 38.8 Å². The second-order valence-corrected chi connectivity index (χ2v) is 4.43. The average Bonchev–Trinajstić information content (AvgIpc) is 2.69. The maximum atomic E-state index is 11.3. The van der Waals surface area contributed by atoms with Gasteiger partial charge in [-0.1, -0.05) is 13.8 Å². The Morgan fingerprint density at radius 3 is 2.69 bits per heavy atom. The number of nitrogens with zero attached hydrogens (tertiary/aromatic N) is 2. The first kappa shape index (κ1) is 12.7. The molecule has 0 saturated heterocycles. The summed E-state index contributed by atoms with van der Waals surface area (Å²) in [6, 6.07) is 1.87. The molecule has 1 heterocycles. The lowest BCUT2D eigenvalue weighted by atomic mass is 9.82. The van der Waals surface area contributed by atoms with Gasteiger partial charge in [-0.15, -0.1) is 0 Å². The lowest BCUT2D eigenvalue weighted by Gasteiger charge is -2.30. The SMILES string of the molecule is CC(C)C(N)(CCCn1cccn1)C(N)=O. The number of hydrogen-bond acceptors (Lipinski definition) is 3. The fraction of sp³-hybridized carbons (Fsp3) is 0.636. The standard InChI is InChI=1S/C11H20N4O/c1-9(2)11(13,10(12)16)5-3-7-15-8-4-6-14-15/h4,6,8-9H,3,5,7,13H2,1-2H3,(H2,12,16). The van der Waals surface area contributed by atoms with E-state index in [0.29, 0.717) is 6.42 Å². The summed E-state index contributed by atoms with van der Waals surface area (Å²) in [7, 11) is 0. The number of rotatable bonds is 6. The van der Waals surface area contributed by atoms with E-state index in [1.165, 1.54) is 0 Å². The molecule has 1 atom stereocenters. The van der Waals surface area contributed by atoms with Gasteiger partial charge in [-0.25, -0.2) is 0 Å². The van der Waals surface area contributed by atoms with E-state index >= 15 is 0 Å². The third kappa shape index (κ3) is 2.82. The zero-order valence-electron chi connectivity index (χ0n) is 9.89. The molecule has 0 aliphatic heterocycles. The van der Waals surface area contributed by atoms with Crippen LogP contribution in [0.2, 0.25) is 0 Å². The Morgan fingerprint density at radius 1 is 1.56 bits per heavy atom. The van der Waals surface area contributed by atoms with Crippen LogP contribution in [0.4, 0.5) is 0 Å². The number of carbonyl (C=O) groups is 1. The fourth-order valence-electron chi connectivity index (χ4n) is 1.66. The number of aromatic nitrogens is 2. The van der Waals surface area contributed by atoms with E-state index in [2.05, 4.69) is 5.10 Å². The van der Waals surface area contributed by atoms with Crippen LogP contribution < -0.4 is 11.5 Å². The van der Waals surface area contributed by atoms with Gasteiger partial charge in [0.1, 0.15) is 0 Å². The number of nitrogens with two attached hydrogens (primary N) is 2. The van der Waals surface area contributed by atoms with Gasteiger partial charge < -0.3 is 11.5 Å². The predicted octanol–water partition coefficient (Wildman–Crippen LogP) is 0.502. The minimum atomic E-state index is -0.910. The number of carbonyl (C=O) groups excluding carboxylic acids is 1. The summed E-state index contributed by atoms with van der Waals surface area (Å²) in [6.07, 6.45) is 4.99. The van der Waals surface area contributed by atoms with Gasteiger partial charge in [0, 0.05) is 18.9 Å². The molecule has 0 saturated carbocycles. The lowest BCUT2D eigenvalue weighted by Crippen LogP contribution is -2.56. The molecule has 0 aliphatic carbocycles. The molecule has 0 aromatic carbocycles. The minimum absolute atomic E-state index is 0.0441. The highest BCUT2D eigenvalue weighted by molar-refractivity contribution is 5.84. The van der Waals surface area contributed by atoms with Crippen LogP contribution in [0.1, 0.15) is 26.7 Å². The van der Waals surface area contributed by atoms with Gasteiger partial charge in [-0.2, -0.15) is 5.10 Å². The molecular weight excluding hydrogens is 204 g/mol. The molecule has 5 nitrogen and oxygen atoms in total. The predicted molar refractivity (Wildman–Crippen MR) is 62.4 cm³/mol. The van der Waals surface area contributed by atoms with Crippen molar-refractivity contribution in [3.05, 3.63) is 18.5 Å². The summed E-state index contributed by atoms with van der Waals surface area (Å²) in [5.74, 6) is -0.384. The fourth-order valence-corrected chi connectivity index (χ4v) is 1.66. The maximum Gasteiger partial charge on any atom is 0.237 e. The molecule has 0 fully saturated rings. The van der Waals surface area contributed by atoms with Gasteiger partial charge >= 0.3 is 0 Å². The van der Waals surface area contributed by atoms with Crippen molar-refractivity contribution in [3.63, 3.8) is 0 Å². The quantitative estimate of drug-likeness (QED) is 0.737. The molecule has 16 heavy (non-hydrogen) atoms. The van der Waals surface area contributed by atoms with Crippen molar-refractivity contribution in [2.24, 2.45) is 17.4 Å². The van der Waals surface area contributed by atoms with Crippen LogP contribution in [0.3, 0.4) is 0 Å². The number of aryl methyl sites for hydroxylation is 1. The Labute approximate surface area is 95.8 Å². The monoisotopic (exact) mass is 224 g/mol. The molecular formula is C11H20N4O. The van der Waals surface area contributed by atoms with Gasteiger partial charge in [0.15, 0.2) is 0 Å². The zero-order valence-corrected chi connectivity index (χ0v) is 9.89. The lowest BCUT2D eigenvalue weighted by molar-refractivity contribution is -0.125. The maximum absolute atomic E-state index is 11.3. The first-order valence-corrected chi connectivity index (χ1v) is 5.53. The van der Waals surface area contributed by atoms with Crippen LogP contribution >= 0.6 is 0 Å². The van der Waals surface area contributed by atoms with Crippen molar-refractivity contribution in [1.82, 2.24) is 9.78 Å². The topological polar surface area (TPSA) is 86.9 Å². The number of hydrogen-bond donors (Lipinski definition) is 2. The molecule has 1 unspecified atom stereocenters. The van der Waals surface area contributed by atoms with Crippen LogP contribution in [0.25, 0.3) is 0 Å². The second kappa shape index (κ2) is 5.12. The van der Waals surface area contributed by atoms with Gasteiger partial charge in [-0.3, -0.25) is 9.48 Å². The summed E-state index contributed by atoms with van der Waals surface area (Å²) < 4.78 is 1.82. The van der Waals surface area contributed by atoms with E-state index in [4.69, 9.17) is 11.5 Å². The summed E-state index contributed by atoms with van der Waals surface area (Å²) in [4.78, 5) is 11.3. The van der Waals surface area contributed by atoms with Crippen molar-refractivity contribution >= 4 is 5.91 Å². The van der Waals surface area contributed by atoms with E-state index < -0.39 is 11.4 Å². The Balaban J connectivity index is 2.48.